The van der Waals surface area contributed by atoms with Crippen LogP contribution in [0.4, 0.5) is 9.18 Å². The number of halogens is 1. The van der Waals surface area contributed by atoms with Crippen molar-refractivity contribution in [1.82, 2.24) is 5.32 Å². The number of methoxy groups -OCH3 is 1. The van der Waals surface area contributed by atoms with Crippen molar-refractivity contribution in [2.45, 2.75) is 12.0 Å². The first-order valence-electron chi connectivity index (χ1n) is 9.14. The number of carbonyl (C=O) groups excluding carboxylic acids is 1. The van der Waals surface area contributed by atoms with Crippen LogP contribution in [0.25, 0.3) is 0 Å². The van der Waals surface area contributed by atoms with Gasteiger partial charge >= 0.3 is 6.03 Å². The molecule has 3 aromatic carbocycles. The molecule has 29 heavy (non-hydrogen) atoms. The van der Waals surface area contributed by atoms with Gasteiger partial charge in [0.25, 0.3) is 0 Å². The van der Waals surface area contributed by atoms with Gasteiger partial charge in [0.15, 0.2) is 17.3 Å². The van der Waals surface area contributed by atoms with Crippen LogP contribution in [0.1, 0.15) is 28.7 Å². The fourth-order valence-corrected chi connectivity index (χ4v) is 3.65. The summed E-state index contributed by atoms with van der Waals surface area (Å²) in [6.45, 7) is 0. The Morgan fingerprint density at radius 3 is 2.31 bits per heavy atom. The number of aromatic hydroxyl groups is 1. The van der Waals surface area contributed by atoms with Gasteiger partial charge in [-0.25, -0.2) is 9.18 Å². The molecule has 6 heteroatoms. The number of nitrogens with one attached hydrogen (secondary N) is 1. The monoisotopic (exact) mass is 390 g/mol. The van der Waals surface area contributed by atoms with Crippen molar-refractivity contribution in [3.05, 3.63) is 95.3 Å². The largest absolute Gasteiger partial charge is 0.502 e. The van der Waals surface area contributed by atoms with Crippen LogP contribution in [0, 0.1) is 5.82 Å². The minimum Gasteiger partial charge on any atom is -0.502 e. The number of carbonyl (C=O) groups is 1. The number of benzene rings is 3. The second-order valence-electron chi connectivity index (χ2n) is 6.73. The van der Waals surface area contributed by atoms with Gasteiger partial charge in [0.1, 0.15) is 0 Å². The van der Waals surface area contributed by atoms with Crippen molar-refractivity contribution in [1.29, 1.82) is 0 Å². The minimum absolute atomic E-state index is 0.00448. The van der Waals surface area contributed by atoms with Crippen molar-refractivity contribution in [3.63, 3.8) is 0 Å². The number of aliphatic imine (C=N–C) groups is 1. The molecule has 2 atom stereocenters. The Bertz CT molecular complexity index is 1070. The third kappa shape index (κ3) is 3.57. The third-order valence-corrected chi connectivity index (χ3v) is 4.99. The lowest BCUT2D eigenvalue weighted by Crippen LogP contribution is -2.40. The number of amides is 2. The molecule has 2 amide bonds. The third-order valence-electron chi connectivity index (χ3n) is 4.99. The van der Waals surface area contributed by atoms with Gasteiger partial charge in [0, 0.05) is 0 Å². The van der Waals surface area contributed by atoms with Crippen LogP contribution in [0.3, 0.4) is 0 Å². The summed E-state index contributed by atoms with van der Waals surface area (Å²) < 4.78 is 19.5. The van der Waals surface area contributed by atoms with Crippen molar-refractivity contribution in [3.8, 4) is 11.5 Å². The van der Waals surface area contributed by atoms with E-state index < -0.39 is 23.6 Å². The topological polar surface area (TPSA) is 70.9 Å². The van der Waals surface area contributed by atoms with E-state index in [9.17, 15) is 14.3 Å². The summed E-state index contributed by atoms with van der Waals surface area (Å²) >= 11 is 0. The summed E-state index contributed by atoms with van der Waals surface area (Å²) in [5.41, 5.74) is 2.81. The van der Waals surface area contributed by atoms with E-state index in [1.807, 2.05) is 60.7 Å². The molecular formula is C23H19FN2O3. The minimum atomic E-state index is -0.816. The van der Waals surface area contributed by atoms with Crippen LogP contribution >= 0.6 is 0 Å². The van der Waals surface area contributed by atoms with Crippen LogP contribution in [0.2, 0.25) is 0 Å². The number of phenols is 1. The van der Waals surface area contributed by atoms with E-state index in [1.54, 1.807) is 0 Å². The standard InChI is InChI=1S/C23H19FN2O3/c1-29-18-13-16(12-17(24)22(18)27)21-19(14-8-4-2-5-9-14)20(25-23(28)26-21)15-10-6-3-7-11-15/h2-13,19,21,27H,1H3,(H,26,28). The van der Waals surface area contributed by atoms with Crippen LogP contribution < -0.4 is 10.1 Å². The molecule has 5 nitrogen and oxygen atoms in total. The lowest BCUT2D eigenvalue weighted by atomic mass is 9.80. The molecule has 1 aliphatic heterocycles. The van der Waals surface area contributed by atoms with Gasteiger partial charge in [-0.05, 0) is 28.8 Å². The zero-order valence-corrected chi connectivity index (χ0v) is 15.7. The van der Waals surface area contributed by atoms with E-state index in [2.05, 4.69) is 10.3 Å². The first kappa shape index (κ1) is 18.7. The van der Waals surface area contributed by atoms with E-state index in [4.69, 9.17) is 4.74 Å². The predicted octanol–water partition coefficient (Wildman–Crippen LogP) is 4.58. The van der Waals surface area contributed by atoms with E-state index in [-0.39, 0.29) is 11.7 Å². The summed E-state index contributed by atoms with van der Waals surface area (Å²) in [7, 11) is 1.35. The average molecular weight is 390 g/mol. The Morgan fingerprint density at radius 2 is 1.66 bits per heavy atom. The summed E-state index contributed by atoms with van der Waals surface area (Å²) in [4.78, 5) is 16.7. The molecule has 0 aliphatic carbocycles. The Morgan fingerprint density at radius 1 is 1.00 bits per heavy atom. The maximum absolute atomic E-state index is 14.4. The first-order valence-corrected chi connectivity index (χ1v) is 9.14. The van der Waals surface area contributed by atoms with E-state index >= 15 is 0 Å². The molecule has 0 bridgehead atoms. The summed E-state index contributed by atoms with van der Waals surface area (Å²) in [5, 5.41) is 12.7. The molecule has 0 radical (unpaired) electrons. The van der Waals surface area contributed by atoms with Crippen LogP contribution in [-0.2, 0) is 0 Å². The SMILES string of the molecule is COc1cc(C2NC(=O)N=C(c3ccccc3)C2c2ccccc2)cc(F)c1O. The second-order valence-corrected chi connectivity index (χ2v) is 6.73. The maximum atomic E-state index is 14.4. The molecule has 2 N–H and O–H groups in total. The number of ether oxygens (including phenoxy) is 1. The van der Waals surface area contributed by atoms with Gasteiger partial charge < -0.3 is 15.2 Å². The lowest BCUT2D eigenvalue weighted by Gasteiger charge is -2.33. The first-order chi connectivity index (χ1) is 14.1. The summed E-state index contributed by atoms with van der Waals surface area (Å²) in [6.07, 6.45) is 0. The Labute approximate surface area is 167 Å². The van der Waals surface area contributed by atoms with Crippen LogP contribution in [0.15, 0.2) is 77.8 Å². The molecule has 0 saturated carbocycles. The zero-order chi connectivity index (χ0) is 20.4. The molecule has 4 rings (SSSR count). The van der Waals surface area contributed by atoms with E-state index in [0.717, 1.165) is 11.1 Å². The molecule has 0 spiro atoms. The van der Waals surface area contributed by atoms with Gasteiger partial charge in [-0.3, -0.25) is 0 Å². The van der Waals surface area contributed by atoms with E-state index in [0.29, 0.717) is 11.3 Å². The van der Waals surface area contributed by atoms with Crippen molar-refractivity contribution < 1.29 is 19.0 Å². The van der Waals surface area contributed by atoms with Gasteiger partial charge in [-0.15, -0.1) is 0 Å². The van der Waals surface area contributed by atoms with Crippen molar-refractivity contribution >= 4 is 11.7 Å². The molecule has 0 aromatic heterocycles. The highest BCUT2D eigenvalue weighted by molar-refractivity contribution is 6.12. The summed E-state index contributed by atoms with van der Waals surface area (Å²) in [6, 6.07) is 20.7. The lowest BCUT2D eigenvalue weighted by molar-refractivity contribution is 0.243. The predicted molar refractivity (Wildman–Crippen MR) is 108 cm³/mol. The molecule has 1 aliphatic rings. The number of rotatable bonds is 4. The smallest absolute Gasteiger partial charge is 0.341 e. The van der Waals surface area contributed by atoms with Gasteiger partial charge in [-0.1, -0.05) is 60.7 Å². The number of phenolic OH excluding ortho intramolecular Hbond substituents is 1. The molecule has 0 fully saturated rings. The quantitative estimate of drug-likeness (QED) is 0.685. The van der Waals surface area contributed by atoms with Gasteiger partial charge in [0.05, 0.1) is 24.8 Å². The number of urea groups is 1. The normalized spacial score (nSPS) is 18.7. The molecular weight excluding hydrogens is 371 g/mol. The summed E-state index contributed by atoms with van der Waals surface area (Å²) in [5.74, 6) is -1.73. The highest BCUT2D eigenvalue weighted by atomic mass is 19.1. The second kappa shape index (κ2) is 7.75. The number of hydrogen-bond donors (Lipinski definition) is 2. The molecule has 146 valence electrons. The highest BCUT2D eigenvalue weighted by Gasteiger charge is 2.36. The molecule has 1 heterocycles. The van der Waals surface area contributed by atoms with Crippen LogP contribution in [-0.4, -0.2) is 24.0 Å². The Balaban J connectivity index is 1.90. The fourth-order valence-electron chi connectivity index (χ4n) is 3.65. The van der Waals surface area contributed by atoms with Crippen molar-refractivity contribution in [2.75, 3.05) is 7.11 Å². The number of hydrogen-bond acceptors (Lipinski definition) is 3. The zero-order valence-electron chi connectivity index (χ0n) is 15.7. The van der Waals surface area contributed by atoms with E-state index in [1.165, 1.54) is 19.2 Å². The maximum Gasteiger partial charge on any atom is 0.341 e. The Kier molecular flexibility index (Phi) is 4.99. The average Bonchev–Trinajstić information content (AvgIpc) is 2.76. The molecule has 2 unspecified atom stereocenters. The number of nitrogens with zero attached hydrogens (tertiary/aromatic N) is 1. The van der Waals surface area contributed by atoms with Gasteiger partial charge in [-0.2, -0.15) is 4.99 Å². The van der Waals surface area contributed by atoms with Crippen LogP contribution in [0.5, 0.6) is 11.5 Å². The molecule has 0 saturated heterocycles. The Hall–Kier alpha value is -3.67. The van der Waals surface area contributed by atoms with Gasteiger partial charge in [0.2, 0.25) is 0 Å². The highest BCUT2D eigenvalue weighted by Crippen LogP contribution is 2.40. The fraction of sp³-hybridized carbons (Fsp3) is 0.130. The van der Waals surface area contributed by atoms with Crippen molar-refractivity contribution in [2.24, 2.45) is 4.99 Å². The molecule has 3 aromatic rings.